The quantitative estimate of drug-likeness (QED) is 0.691. The van der Waals surface area contributed by atoms with Gasteiger partial charge in [-0.05, 0) is 12.1 Å². The number of nitrogen functional groups attached to an aromatic ring is 1. The lowest BCUT2D eigenvalue weighted by molar-refractivity contribution is 0.172. The third-order valence-corrected chi connectivity index (χ3v) is 2.09. The zero-order chi connectivity index (χ0) is 8.55. The monoisotopic (exact) mass is 229 g/mol. The maximum absolute atomic E-state index is 5.71. The molecule has 0 bridgehead atoms. The van der Waals surface area contributed by atoms with Crippen molar-refractivity contribution in [3.8, 4) is 11.5 Å². The summed E-state index contributed by atoms with van der Waals surface area (Å²) in [5.74, 6) is 1.37. The predicted molar refractivity (Wildman–Crippen MR) is 49.5 cm³/mol. The Labute approximate surface area is 78.6 Å². The first-order valence-corrected chi connectivity index (χ1v) is 4.41. The Morgan fingerprint density at radius 3 is 2.83 bits per heavy atom. The number of nitrogens with two attached hydrogens (primary N) is 1. The fraction of sp³-hybridized carbons (Fsp3) is 0.250. The van der Waals surface area contributed by atoms with Crippen LogP contribution in [0.5, 0.6) is 11.5 Å². The van der Waals surface area contributed by atoms with E-state index in [4.69, 9.17) is 15.2 Å². The maximum atomic E-state index is 5.71. The molecule has 0 radical (unpaired) electrons. The summed E-state index contributed by atoms with van der Waals surface area (Å²) >= 11 is 3.33. The van der Waals surface area contributed by atoms with Gasteiger partial charge in [0.1, 0.15) is 13.2 Å². The molecule has 1 aliphatic rings. The summed E-state index contributed by atoms with van der Waals surface area (Å²) in [5, 5.41) is 0. The van der Waals surface area contributed by atoms with Crippen LogP contribution in [0, 0.1) is 0 Å². The molecule has 2 rings (SSSR count). The fourth-order valence-corrected chi connectivity index (χ4v) is 1.60. The van der Waals surface area contributed by atoms with Crippen LogP contribution in [0.25, 0.3) is 0 Å². The zero-order valence-corrected chi connectivity index (χ0v) is 7.93. The van der Waals surface area contributed by atoms with Crippen molar-refractivity contribution in [1.82, 2.24) is 0 Å². The summed E-state index contributed by atoms with van der Waals surface area (Å²) in [7, 11) is 0. The number of hydrogen-bond donors (Lipinski definition) is 1. The topological polar surface area (TPSA) is 44.5 Å². The van der Waals surface area contributed by atoms with Crippen LogP contribution in [0.15, 0.2) is 16.6 Å². The van der Waals surface area contributed by atoms with E-state index >= 15 is 0 Å². The van der Waals surface area contributed by atoms with Crippen molar-refractivity contribution >= 4 is 21.6 Å². The van der Waals surface area contributed by atoms with Crippen LogP contribution in [0.2, 0.25) is 0 Å². The molecule has 64 valence electrons. The Balaban J connectivity index is 2.53. The lowest BCUT2D eigenvalue weighted by Gasteiger charge is -2.19. The molecule has 3 nitrogen and oxygen atoms in total. The second kappa shape index (κ2) is 2.86. The molecule has 4 heteroatoms. The van der Waals surface area contributed by atoms with Gasteiger partial charge in [0.2, 0.25) is 0 Å². The molecular formula is C8H8BrNO2. The van der Waals surface area contributed by atoms with Crippen LogP contribution in [0.3, 0.4) is 0 Å². The lowest BCUT2D eigenvalue weighted by atomic mass is 10.2. The van der Waals surface area contributed by atoms with Gasteiger partial charge in [-0.15, -0.1) is 0 Å². The van der Waals surface area contributed by atoms with Crippen LogP contribution in [0.4, 0.5) is 5.69 Å². The molecular weight excluding hydrogens is 222 g/mol. The van der Waals surface area contributed by atoms with Gasteiger partial charge in [0.15, 0.2) is 11.5 Å². The van der Waals surface area contributed by atoms with Crippen molar-refractivity contribution in [2.24, 2.45) is 0 Å². The number of hydrogen-bond acceptors (Lipinski definition) is 3. The molecule has 0 fully saturated rings. The van der Waals surface area contributed by atoms with E-state index in [-0.39, 0.29) is 0 Å². The van der Waals surface area contributed by atoms with Crippen molar-refractivity contribution in [1.29, 1.82) is 0 Å². The molecule has 0 aromatic heterocycles. The van der Waals surface area contributed by atoms with E-state index in [1.54, 1.807) is 6.07 Å². The standard InChI is InChI=1S/C8H8BrNO2/c9-5-3-6(10)8-7(4-5)11-1-2-12-8/h3-4H,1-2,10H2. The first-order chi connectivity index (χ1) is 5.77. The van der Waals surface area contributed by atoms with Gasteiger partial charge in [0.25, 0.3) is 0 Å². The molecule has 1 aromatic carbocycles. The first-order valence-electron chi connectivity index (χ1n) is 3.62. The number of ether oxygens (including phenoxy) is 2. The third-order valence-electron chi connectivity index (χ3n) is 1.64. The van der Waals surface area contributed by atoms with E-state index in [1.165, 1.54) is 0 Å². The normalized spacial score (nSPS) is 14.4. The summed E-state index contributed by atoms with van der Waals surface area (Å²) in [5.41, 5.74) is 6.32. The maximum Gasteiger partial charge on any atom is 0.184 e. The minimum Gasteiger partial charge on any atom is -0.486 e. The molecule has 0 spiro atoms. The predicted octanol–water partition coefficient (Wildman–Crippen LogP) is 1.80. The molecule has 12 heavy (non-hydrogen) atoms. The zero-order valence-electron chi connectivity index (χ0n) is 6.34. The highest BCUT2D eigenvalue weighted by Gasteiger charge is 2.14. The van der Waals surface area contributed by atoms with E-state index in [9.17, 15) is 0 Å². The molecule has 0 amide bonds. The number of halogens is 1. The smallest absolute Gasteiger partial charge is 0.184 e. The van der Waals surface area contributed by atoms with Gasteiger partial charge in [-0.3, -0.25) is 0 Å². The largest absolute Gasteiger partial charge is 0.486 e. The molecule has 2 N–H and O–H groups in total. The van der Waals surface area contributed by atoms with Crippen LogP contribution in [0.1, 0.15) is 0 Å². The van der Waals surface area contributed by atoms with E-state index < -0.39 is 0 Å². The summed E-state index contributed by atoms with van der Waals surface area (Å²) < 4.78 is 11.6. The van der Waals surface area contributed by atoms with Crippen LogP contribution in [-0.2, 0) is 0 Å². The Morgan fingerprint density at radius 2 is 2.00 bits per heavy atom. The van der Waals surface area contributed by atoms with Crippen molar-refractivity contribution in [3.05, 3.63) is 16.6 Å². The van der Waals surface area contributed by atoms with E-state index in [0.29, 0.717) is 30.4 Å². The first kappa shape index (κ1) is 7.73. The molecule has 1 aromatic rings. The molecule has 0 saturated carbocycles. The summed E-state index contributed by atoms with van der Waals surface area (Å²) in [6, 6.07) is 3.65. The minimum absolute atomic E-state index is 0.568. The molecule has 0 saturated heterocycles. The van der Waals surface area contributed by atoms with E-state index in [1.807, 2.05) is 6.07 Å². The van der Waals surface area contributed by atoms with Gasteiger partial charge in [0, 0.05) is 4.47 Å². The highest BCUT2D eigenvalue weighted by atomic mass is 79.9. The third kappa shape index (κ3) is 1.22. The summed E-state index contributed by atoms with van der Waals surface area (Å²) in [6.07, 6.45) is 0. The Morgan fingerprint density at radius 1 is 1.25 bits per heavy atom. The Kier molecular flexibility index (Phi) is 1.84. The average Bonchev–Trinajstić information content (AvgIpc) is 2.04. The SMILES string of the molecule is Nc1cc(Br)cc2c1OCCO2. The summed E-state index contributed by atoms with van der Waals surface area (Å²) in [6.45, 7) is 1.15. The minimum atomic E-state index is 0.568. The number of rotatable bonds is 0. The van der Waals surface area contributed by atoms with Gasteiger partial charge in [-0.25, -0.2) is 0 Å². The molecule has 0 aliphatic carbocycles. The average molecular weight is 230 g/mol. The van der Waals surface area contributed by atoms with Gasteiger partial charge < -0.3 is 15.2 Å². The van der Waals surface area contributed by atoms with Crippen LogP contribution < -0.4 is 15.2 Å². The van der Waals surface area contributed by atoms with Crippen molar-refractivity contribution in [2.45, 2.75) is 0 Å². The van der Waals surface area contributed by atoms with Crippen molar-refractivity contribution < 1.29 is 9.47 Å². The van der Waals surface area contributed by atoms with Crippen molar-refractivity contribution in [2.75, 3.05) is 18.9 Å². The van der Waals surface area contributed by atoms with E-state index in [2.05, 4.69) is 15.9 Å². The highest BCUT2D eigenvalue weighted by molar-refractivity contribution is 9.10. The van der Waals surface area contributed by atoms with Crippen molar-refractivity contribution in [3.63, 3.8) is 0 Å². The molecule has 0 atom stereocenters. The molecule has 1 aliphatic heterocycles. The van der Waals surface area contributed by atoms with Crippen LogP contribution in [-0.4, -0.2) is 13.2 Å². The molecule has 1 heterocycles. The Bertz CT molecular complexity index is 314. The lowest BCUT2D eigenvalue weighted by Crippen LogP contribution is -2.16. The number of fused-ring (bicyclic) bond motifs is 1. The van der Waals surface area contributed by atoms with Gasteiger partial charge >= 0.3 is 0 Å². The number of anilines is 1. The van der Waals surface area contributed by atoms with Gasteiger partial charge in [0.05, 0.1) is 5.69 Å². The van der Waals surface area contributed by atoms with Gasteiger partial charge in [-0.1, -0.05) is 15.9 Å². The molecule has 0 unspecified atom stereocenters. The fourth-order valence-electron chi connectivity index (χ4n) is 1.15. The Hall–Kier alpha value is -0.900. The van der Waals surface area contributed by atoms with Gasteiger partial charge in [-0.2, -0.15) is 0 Å². The van der Waals surface area contributed by atoms with E-state index in [0.717, 1.165) is 4.47 Å². The number of benzene rings is 1. The van der Waals surface area contributed by atoms with Crippen LogP contribution >= 0.6 is 15.9 Å². The highest BCUT2D eigenvalue weighted by Crippen LogP contribution is 2.38. The second-order valence-electron chi connectivity index (χ2n) is 2.52. The summed E-state index contributed by atoms with van der Waals surface area (Å²) in [4.78, 5) is 0. The second-order valence-corrected chi connectivity index (χ2v) is 3.43.